The van der Waals surface area contributed by atoms with Crippen molar-refractivity contribution in [3.8, 4) is 0 Å². The molecule has 0 bridgehead atoms. The van der Waals surface area contributed by atoms with Crippen LogP contribution in [-0.4, -0.2) is 21.0 Å². The minimum absolute atomic E-state index is 0.145. The highest BCUT2D eigenvalue weighted by atomic mass is 32.1. The highest BCUT2D eigenvalue weighted by Crippen LogP contribution is 2.30. The molecule has 1 heterocycles. The van der Waals surface area contributed by atoms with E-state index in [2.05, 4.69) is 10.3 Å². The molecule has 0 aliphatic heterocycles. The Morgan fingerprint density at radius 2 is 2.19 bits per heavy atom. The van der Waals surface area contributed by atoms with Gasteiger partial charge in [-0.15, -0.1) is 11.3 Å². The Kier molecular flexibility index (Phi) is 3.90. The highest BCUT2D eigenvalue weighted by Gasteiger charge is 2.26. The molecular formula is C13H13N3O4S. The minimum Gasteiger partial charge on any atom is -0.478 e. The summed E-state index contributed by atoms with van der Waals surface area (Å²) in [5, 5.41) is 25.7. The van der Waals surface area contributed by atoms with E-state index in [0.717, 1.165) is 11.1 Å². The van der Waals surface area contributed by atoms with Crippen LogP contribution in [0.1, 0.15) is 29.2 Å². The second-order valence-electron chi connectivity index (χ2n) is 4.88. The van der Waals surface area contributed by atoms with Gasteiger partial charge in [-0.1, -0.05) is 0 Å². The number of anilines is 1. The van der Waals surface area contributed by atoms with E-state index in [-0.39, 0.29) is 11.3 Å². The van der Waals surface area contributed by atoms with E-state index in [1.165, 1.54) is 23.5 Å². The Bertz CT molecular complexity index is 683. The van der Waals surface area contributed by atoms with E-state index in [1.54, 1.807) is 6.20 Å². The van der Waals surface area contributed by atoms with Gasteiger partial charge in [-0.05, 0) is 19.9 Å². The Hall–Kier alpha value is -2.48. The lowest BCUT2D eigenvalue weighted by molar-refractivity contribution is -0.384. The maximum atomic E-state index is 11.3. The summed E-state index contributed by atoms with van der Waals surface area (Å²) in [5.74, 6) is -1.23. The van der Waals surface area contributed by atoms with Crippen molar-refractivity contribution in [2.24, 2.45) is 0 Å². The number of aromatic nitrogens is 1. The Morgan fingerprint density at radius 1 is 1.48 bits per heavy atom. The third-order valence-electron chi connectivity index (χ3n) is 2.86. The summed E-state index contributed by atoms with van der Waals surface area (Å²) in [6.45, 7) is 3.72. The third kappa shape index (κ3) is 3.16. The topological polar surface area (TPSA) is 105 Å². The average Bonchev–Trinajstić information content (AvgIpc) is 2.92. The van der Waals surface area contributed by atoms with Gasteiger partial charge in [-0.2, -0.15) is 0 Å². The van der Waals surface area contributed by atoms with Gasteiger partial charge < -0.3 is 10.4 Å². The van der Waals surface area contributed by atoms with Crippen molar-refractivity contribution < 1.29 is 14.8 Å². The maximum absolute atomic E-state index is 11.3. The van der Waals surface area contributed by atoms with Crippen LogP contribution in [0.4, 0.5) is 11.4 Å². The SMILES string of the molecule is CC(C)(Nc1ccc([N+](=O)[O-])cc1C(=O)O)c1nccs1. The number of hydrogen-bond acceptors (Lipinski definition) is 6. The van der Waals surface area contributed by atoms with Crippen molar-refractivity contribution in [1.29, 1.82) is 0 Å². The van der Waals surface area contributed by atoms with Gasteiger partial charge in [-0.3, -0.25) is 10.1 Å². The first kappa shape index (κ1) is 14.9. The van der Waals surface area contributed by atoms with Gasteiger partial charge in [0.05, 0.1) is 16.0 Å². The number of nitrogens with one attached hydrogen (secondary N) is 1. The number of rotatable bonds is 5. The molecule has 0 spiro atoms. The van der Waals surface area contributed by atoms with Crippen molar-refractivity contribution >= 4 is 28.7 Å². The summed E-state index contributed by atoms with van der Waals surface area (Å²) in [4.78, 5) is 25.6. The summed E-state index contributed by atoms with van der Waals surface area (Å²) in [6, 6.07) is 3.71. The molecule has 2 rings (SSSR count). The van der Waals surface area contributed by atoms with Crippen LogP contribution in [0.3, 0.4) is 0 Å². The van der Waals surface area contributed by atoms with Crippen molar-refractivity contribution in [2.75, 3.05) is 5.32 Å². The molecule has 8 heteroatoms. The number of carbonyl (C=O) groups is 1. The number of hydrogen-bond donors (Lipinski definition) is 2. The van der Waals surface area contributed by atoms with Gasteiger partial charge in [-0.25, -0.2) is 9.78 Å². The summed E-state index contributed by atoms with van der Waals surface area (Å²) < 4.78 is 0. The summed E-state index contributed by atoms with van der Waals surface area (Å²) in [6.07, 6.45) is 1.66. The summed E-state index contributed by atoms with van der Waals surface area (Å²) >= 11 is 1.44. The molecule has 0 saturated carbocycles. The fraction of sp³-hybridized carbons (Fsp3) is 0.231. The molecule has 110 valence electrons. The van der Waals surface area contributed by atoms with Crippen LogP contribution in [0.25, 0.3) is 0 Å². The molecule has 7 nitrogen and oxygen atoms in total. The second kappa shape index (κ2) is 5.49. The van der Waals surface area contributed by atoms with Crippen LogP contribution >= 0.6 is 11.3 Å². The van der Waals surface area contributed by atoms with E-state index in [1.807, 2.05) is 19.2 Å². The molecule has 0 aliphatic rings. The first-order chi connectivity index (χ1) is 9.81. The number of nitro benzene ring substituents is 1. The molecule has 0 atom stereocenters. The van der Waals surface area contributed by atoms with Crippen molar-refractivity contribution in [2.45, 2.75) is 19.4 Å². The second-order valence-corrected chi connectivity index (χ2v) is 5.77. The Balaban J connectivity index is 2.40. The summed E-state index contributed by atoms with van der Waals surface area (Å²) in [5.41, 5.74) is -0.679. The van der Waals surface area contributed by atoms with Gasteiger partial charge in [0.15, 0.2) is 0 Å². The Morgan fingerprint density at radius 3 is 2.71 bits per heavy atom. The van der Waals surface area contributed by atoms with E-state index in [0.29, 0.717) is 5.69 Å². The molecule has 0 amide bonds. The summed E-state index contributed by atoms with van der Waals surface area (Å²) in [7, 11) is 0. The number of nitro groups is 1. The van der Waals surface area contributed by atoms with Crippen molar-refractivity contribution in [3.63, 3.8) is 0 Å². The maximum Gasteiger partial charge on any atom is 0.338 e. The lowest BCUT2D eigenvalue weighted by Gasteiger charge is -2.26. The quantitative estimate of drug-likeness (QED) is 0.649. The number of carboxylic acids is 1. The number of aromatic carboxylic acids is 1. The Labute approximate surface area is 124 Å². The third-order valence-corrected chi connectivity index (χ3v) is 3.96. The molecule has 0 aliphatic carbocycles. The average molecular weight is 307 g/mol. The molecule has 1 aromatic heterocycles. The van der Waals surface area contributed by atoms with Crippen LogP contribution in [0.2, 0.25) is 0 Å². The molecule has 0 radical (unpaired) electrons. The van der Waals surface area contributed by atoms with Gasteiger partial charge in [0, 0.05) is 29.4 Å². The molecular weight excluding hydrogens is 294 g/mol. The fourth-order valence-corrected chi connectivity index (χ4v) is 2.57. The number of nitrogens with zero attached hydrogens (tertiary/aromatic N) is 2. The van der Waals surface area contributed by atoms with E-state index < -0.39 is 16.4 Å². The lowest BCUT2D eigenvalue weighted by Crippen LogP contribution is -2.28. The van der Waals surface area contributed by atoms with E-state index >= 15 is 0 Å². The van der Waals surface area contributed by atoms with E-state index in [4.69, 9.17) is 0 Å². The van der Waals surface area contributed by atoms with Crippen LogP contribution in [0, 0.1) is 10.1 Å². The van der Waals surface area contributed by atoms with Crippen LogP contribution < -0.4 is 5.32 Å². The van der Waals surface area contributed by atoms with Crippen LogP contribution in [-0.2, 0) is 5.54 Å². The van der Waals surface area contributed by atoms with Gasteiger partial charge >= 0.3 is 5.97 Å². The van der Waals surface area contributed by atoms with Gasteiger partial charge in [0.1, 0.15) is 5.01 Å². The molecule has 2 aromatic rings. The molecule has 0 saturated heterocycles. The molecule has 1 aromatic carbocycles. The molecule has 2 N–H and O–H groups in total. The number of carboxylic acid groups (broad SMARTS) is 1. The zero-order chi connectivity index (χ0) is 15.6. The number of non-ortho nitro benzene ring substituents is 1. The standard InChI is InChI=1S/C13H13N3O4S/c1-13(2,12-14-5-6-21-12)15-10-4-3-8(16(19)20)7-9(10)11(17)18/h3-7,15H,1-2H3,(H,17,18). The lowest BCUT2D eigenvalue weighted by atomic mass is 10.0. The molecule has 21 heavy (non-hydrogen) atoms. The fourth-order valence-electron chi connectivity index (χ4n) is 1.85. The minimum atomic E-state index is -1.23. The van der Waals surface area contributed by atoms with Crippen molar-refractivity contribution in [1.82, 2.24) is 4.98 Å². The smallest absolute Gasteiger partial charge is 0.338 e. The van der Waals surface area contributed by atoms with E-state index in [9.17, 15) is 20.0 Å². The first-order valence-electron chi connectivity index (χ1n) is 6.01. The first-order valence-corrected chi connectivity index (χ1v) is 6.89. The molecule has 0 unspecified atom stereocenters. The van der Waals surface area contributed by atoms with Gasteiger partial charge in [0.2, 0.25) is 0 Å². The van der Waals surface area contributed by atoms with Crippen LogP contribution in [0.15, 0.2) is 29.8 Å². The predicted molar refractivity (Wildman–Crippen MR) is 78.8 cm³/mol. The predicted octanol–water partition coefficient (Wildman–Crippen LogP) is 3.10. The monoisotopic (exact) mass is 307 g/mol. The largest absolute Gasteiger partial charge is 0.478 e. The molecule has 0 fully saturated rings. The zero-order valence-corrected chi connectivity index (χ0v) is 12.2. The number of benzene rings is 1. The highest BCUT2D eigenvalue weighted by molar-refractivity contribution is 7.09. The zero-order valence-electron chi connectivity index (χ0n) is 11.4. The van der Waals surface area contributed by atoms with Crippen molar-refractivity contribution in [3.05, 3.63) is 50.5 Å². The van der Waals surface area contributed by atoms with Crippen LogP contribution in [0.5, 0.6) is 0 Å². The van der Waals surface area contributed by atoms with Gasteiger partial charge in [0.25, 0.3) is 5.69 Å². The number of thiazole rings is 1. The normalized spacial score (nSPS) is 11.1.